The number of carbonyl (C=O) groups is 1. The molecular formula is C19H18FN3O2. The molecule has 0 bridgehead atoms. The zero-order valence-electron chi connectivity index (χ0n) is 13.9. The Bertz CT molecular complexity index is 923. The van der Waals surface area contributed by atoms with Crippen LogP contribution in [0, 0.1) is 12.7 Å². The molecule has 128 valence electrons. The van der Waals surface area contributed by atoms with E-state index < -0.39 is 5.82 Å². The largest absolute Gasteiger partial charge is 0.448 e. The Labute approximate surface area is 144 Å². The van der Waals surface area contributed by atoms with Crippen LogP contribution < -0.4 is 0 Å². The number of carbonyl (C=O) groups excluding carboxylic acids is 1. The highest BCUT2D eigenvalue weighted by Gasteiger charge is 2.29. The van der Waals surface area contributed by atoms with Crippen molar-refractivity contribution < 1.29 is 13.6 Å². The maximum Gasteiger partial charge on any atom is 0.289 e. The zero-order chi connectivity index (χ0) is 17.4. The average molecular weight is 339 g/mol. The van der Waals surface area contributed by atoms with E-state index in [2.05, 4.69) is 9.97 Å². The number of hydrogen-bond donors (Lipinski definition) is 0. The second-order valence-corrected chi connectivity index (χ2v) is 6.39. The maximum atomic E-state index is 13.9. The van der Waals surface area contributed by atoms with Gasteiger partial charge in [0.2, 0.25) is 0 Å². The first-order valence-electron chi connectivity index (χ1n) is 8.38. The van der Waals surface area contributed by atoms with Crippen LogP contribution in [-0.2, 0) is 0 Å². The highest BCUT2D eigenvalue weighted by molar-refractivity contribution is 5.99. The molecule has 1 unspecified atom stereocenters. The molecule has 1 saturated heterocycles. The van der Waals surface area contributed by atoms with Gasteiger partial charge in [0.15, 0.2) is 17.2 Å². The van der Waals surface area contributed by atoms with E-state index in [1.165, 1.54) is 6.07 Å². The number of aryl methyl sites for hydroxylation is 1. The molecule has 0 saturated carbocycles. The van der Waals surface area contributed by atoms with Crippen molar-refractivity contribution in [2.24, 2.45) is 0 Å². The predicted molar refractivity (Wildman–Crippen MR) is 90.8 cm³/mol. The van der Waals surface area contributed by atoms with Gasteiger partial charge in [0.1, 0.15) is 0 Å². The van der Waals surface area contributed by atoms with E-state index in [-0.39, 0.29) is 23.2 Å². The van der Waals surface area contributed by atoms with Crippen molar-refractivity contribution in [1.29, 1.82) is 0 Å². The molecule has 6 heteroatoms. The van der Waals surface area contributed by atoms with Crippen molar-refractivity contribution in [2.45, 2.75) is 25.7 Å². The average Bonchev–Trinajstić information content (AvgIpc) is 3.00. The number of amides is 1. The number of aromatic nitrogens is 2. The lowest BCUT2D eigenvalue weighted by Gasteiger charge is -2.31. The molecule has 1 fully saturated rings. The molecule has 25 heavy (non-hydrogen) atoms. The van der Waals surface area contributed by atoms with Crippen LogP contribution in [0.2, 0.25) is 0 Å². The molecule has 0 N–H and O–H groups in total. The van der Waals surface area contributed by atoms with Gasteiger partial charge in [-0.05, 0) is 25.8 Å². The van der Waals surface area contributed by atoms with Crippen LogP contribution in [0.3, 0.4) is 0 Å². The van der Waals surface area contributed by atoms with E-state index in [0.29, 0.717) is 24.0 Å². The van der Waals surface area contributed by atoms with Crippen LogP contribution in [0.15, 0.2) is 41.2 Å². The first-order valence-corrected chi connectivity index (χ1v) is 8.38. The Morgan fingerprint density at radius 2 is 2.24 bits per heavy atom. The van der Waals surface area contributed by atoms with E-state index in [9.17, 15) is 9.18 Å². The third-order valence-electron chi connectivity index (χ3n) is 4.82. The van der Waals surface area contributed by atoms with Gasteiger partial charge < -0.3 is 9.32 Å². The lowest BCUT2D eigenvalue weighted by Crippen LogP contribution is -2.39. The fraction of sp³-hybridized carbons (Fsp3) is 0.316. The second kappa shape index (κ2) is 6.27. The molecule has 1 amide bonds. The molecular weight excluding hydrogens is 321 g/mol. The topological polar surface area (TPSA) is 59.2 Å². The van der Waals surface area contributed by atoms with Crippen molar-refractivity contribution >= 4 is 16.9 Å². The monoisotopic (exact) mass is 339 g/mol. The Morgan fingerprint density at radius 3 is 3.00 bits per heavy atom. The molecule has 1 aliphatic heterocycles. The minimum absolute atomic E-state index is 0.144. The van der Waals surface area contributed by atoms with E-state index in [1.807, 2.05) is 0 Å². The molecule has 0 aliphatic carbocycles. The molecule has 0 radical (unpaired) electrons. The summed E-state index contributed by atoms with van der Waals surface area (Å²) in [5, 5.41) is 0.644. The van der Waals surface area contributed by atoms with E-state index >= 15 is 0 Å². The summed E-state index contributed by atoms with van der Waals surface area (Å²) in [7, 11) is 0. The van der Waals surface area contributed by atoms with Crippen molar-refractivity contribution in [1.82, 2.24) is 14.9 Å². The number of halogens is 1. The van der Waals surface area contributed by atoms with Crippen molar-refractivity contribution in [3.63, 3.8) is 0 Å². The number of likely N-dealkylation sites (tertiary alicyclic amines) is 1. The molecule has 1 aromatic carbocycles. The van der Waals surface area contributed by atoms with Gasteiger partial charge in [-0.25, -0.2) is 4.39 Å². The fourth-order valence-electron chi connectivity index (χ4n) is 3.48. The normalized spacial score (nSPS) is 17.8. The summed E-state index contributed by atoms with van der Waals surface area (Å²) >= 11 is 0. The van der Waals surface area contributed by atoms with Gasteiger partial charge in [0.25, 0.3) is 5.91 Å². The Kier molecular flexibility index (Phi) is 3.95. The second-order valence-electron chi connectivity index (χ2n) is 6.39. The minimum atomic E-state index is -0.448. The summed E-state index contributed by atoms with van der Waals surface area (Å²) in [6, 6.07) is 4.73. The van der Waals surface area contributed by atoms with Gasteiger partial charge in [-0.1, -0.05) is 12.1 Å². The lowest BCUT2D eigenvalue weighted by molar-refractivity contribution is 0.0674. The number of nitrogens with zero attached hydrogens (tertiary/aromatic N) is 3. The van der Waals surface area contributed by atoms with Gasteiger partial charge >= 0.3 is 0 Å². The van der Waals surface area contributed by atoms with E-state index in [0.717, 1.165) is 18.5 Å². The fourth-order valence-corrected chi connectivity index (χ4v) is 3.48. The van der Waals surface area contributed by atoms with Crippen LogP contribution in [0.25, 0.3) is 11.0 Å². The lowest BCUT2D eigenvalue weighted by atomic mass is 9.94. The molecule has 0 spiro atoms. The van der Waals surface area contributed by atoms with Gasteiger partial charge in [-0.2, -0.15) is 0 Å². The standard InChI is InChI=1S/C19H18FN3O2/c1-12-14-5-2-6-15(20)18(14)25-17(12)19(24)23-9-3-4-13(11-23)16-10-21-7-8-22-16/h2,5-8,10,13H,3-4,9,11H2,1H3. The number of hydrogen-bond acceptors (Lipinski definition) is 4. The van der Waals surface area contributed by atoms with E-state index in [1.54, 1.807) is 42.5 Å². The third-order valence-corrected chi connectivity index (χ3v) is 4.82. The van der Waals surface area contributed by atoms with Crippen LogP contribution in [0.4, 0.5) is 4.39 Å². The van der Waals surface area contributed by atoms with Gasteiger partial charge in [-0.3, -0.25) is 14.8 Å². The van der Waals surface area contributed by atoms with Gasteiger partial charge in [-0.15, -0.1) is 0 Å². The van der Waals surface area contributed by atoms with Crippen molar-refractivity contribution in [3.8, 4) is 0 Å². The third kappa shape index (κ3) is 2.77. The van der Waals surface area contributed by atoms with Crippen molar-refractivity contribution in [2.75, 3.05) is 13.1 Å². The predicted octanol–water partition coefficient (Wildman–Crippen LogP) is 3.69. The first kappa shape index (κ1) is 15.7. The first-order chi connectivity index (χ1) is 12.1. The van der Waals surface area contributed by atoms with Crippen LogP contribution in [-0.4, -0.2) is 33.9 Å². The SMILES string of the molecule is Cc1c(C(=O)N2CCCC(c3cnccn3)C2)oc2c(F)cccc12. The van der Waals surface area contributed by atoms with Gasteiger partial charge in [0.05, 0.1) is 5.69 Å². The minimum Gasteiger partial charge on any atom is -0.448 e. The van der Waals surface area contributed by atoms with Gasteiger partial charge in [0, 0.05) is 48.5 Å². The number of piperidine rings is 1. The highest BCUT2D eigenvalue weighted by Crippen LogP contribution is 2.30. The molecule has 3 heterocycles. The Balaban J connectivity index is 1.63. The Hall–Kier alpha value is -2.76. The number of benzene rings is 1. The summed E-state index contributed by atoms with van der Waals surface area (Å²) < 4.78 is 19.5. The Morgan fingerprint density at radius 1 is 1.36 bits per heavy atom. The van der Waals surface area contributed by atoms with Crippen LogP contribution in [0.5, 0.6) is 0 Å². The maximum absolute atomic E-state index is 13.9. The summed E-state index contributed by atoms with van der Waals surface area (Å²) in [6.45, 7) is 3.02. The number of furan rings is 1. The zero-order valence-corrected chi connectivity index (χ0v) is 13.9. The number of rotatable bonds is 2. The quantitative estimate of drug-likeness (QED) is 0.714. The molecule has 2 aromatic heterocycles. The van der Waals surface area contributed by atoms with E-state index in [4.69, 9.17) is 4.42 Å². The summed E-state index contributed by atoms with van der Waals surface area (Å²) in [5.41, 5.74) is 1.72. The number of para-hydroxylation sites is 1. The molecule has 1 aliphatic rings. The molecule has 5 nitrogen and oxygen atoms in total. The molecule has 4 rings (SSSR count). The van der Waals surface area contributed by atoms with Crippen LogP contribution in [0.1, 0.15) is 40.6 Å². The number of fused-ring (bicyclic) bond motifs is 1. The van der Waals surface area contributed by atoms with Crippen molar-refractivity contribution in [3.05, 3.63) is 59.6 Å². The molecule has 3 aromatic rings. The summed E-state index contributed by atoms with van der Waals surface area (Å²) in [5.74, 6) is -0.259. The van der Waals surface area contributed by atoms with Crippen LogP contribution >= 0.6 is 0 Å². The smallest absolute Gasteiger partial charge is 0.289 e. The summed E-state index contributed by atoms with van der Waals surface area (Å²) in [4.78, 5) is 23.2. The highest BCUT2D eigenvalue weighted by atomic mass is 19.1. The molecule has 1 atom stereocenters. The summed E-state index contributed by atoms with van der Waals surface area (Å²) in [6.07, 6.45) is 6.92.